The fourth-order valence-corrected chi connectivity index (χ4v) is 2.03. The Kier molecular flexibility index (Phi) is 2.40. The zero-order valence-corrected chi connectivity index (χ0v) is 8.19. The fourth-order valence-electron chi connectivity index (χ4n) is 1.22. The third kappa shape index (κ3) is 1.95. The van der Waals surface area contributed by atoms with Crippen molar-refractivity contribution < 1.29 is 18.3 Å². The fraction of sp³-hybridized carbons (Fsp3) is 0.222. The summed E-state index contributed by atoms with van der Waals surface area (Å²) in [5.41, 5.74) is -0.441. The molecule has 2 rings (SSSR count). The highest BCUT2D eigenvalue weighted by molar-refractivity contribution is 7.18. The van der Waals surface area contributed by atoms with Gasteiger partial charge in [-0.15, -0.1) is 11.3 Å². The Morgan fingerprint density at radius 2 is 2.07 bits per heavy atom. The summed E-state index contributed by atoms with van der Waals surface area (Å²) >= 11 is 1.19. The molecule has 0 unspecified atom stereocenters. The lowest BCUT2D eigenvalue weighted by Crippen LogP contribution is -2.03. The van der Waals surface area contributed by atoms with E-state index in [1.807, 2.05) is 0 Å². The number of fused-ring (bicyclic) bond motifs is 1. The molecular formula is C9H6F3NOS. The molecule has 0 fully saturated rings. The van der Waals surface area contributed by atoms with E-state index in [0.29, 0.717) is 9.71 Å². The molecule has 1 aromatic carbocycles. The van der Waals surface area contributed by atoms with Gasteiger partial charge in [-0.05, 0) is 18.2 Å². The molecule has 0 spiro atoms. The molecule has 2 aromatic rings. The van der Waals surface area contributed by atoms with E-state index in [0.717, 1.165) is 12.1 Å². The van der Waals surface area contributed by atoms with Crippen LogP contribution in [0.5, 0.6) is 0 Å². The first-order chi connectivity index (χ1) is 7.00. The maximum Gasteiger partial charge on any atom is 0.416 e. The molecular weight excluding hydrogens is 227 g/mol. The molecule has 0 saturated carbocycles. The predicted octanol–water partition coefficient (Wildman–Crippen LogP) is 2.81. The molecule has 1 N–H and O–H groups in total. The molecule has 0 atom stereocenters. The standard InChI is InChI=1S/C9H6F3NOS/c10-9(11,12)5-1-2-7-6(3-5)13-8(4-14)15-7/h1-3,14H,4H2. The van der Waals surface area contributed by atoms with Crippen LogP contribution >= 0.6 is 11.3 Å². The Hall–Kier alpha value is -1.14. The molecule has 80 valence electrons. The average molecular weight is 233 g/mol. The summed E-state index contributed by atoms with van der Waals surface area (Å²) in [6.07, 6.45) is -4.35. The molecule has 0 bridgehead atoms. The zero-order valence-electron chi connectivity index (χ0n) is 7.38. The number of nitrogens with zero attached hydrogens (tertiary/aromatic N) is 1. The van der Waals surface area contributed by atoms with Crippen molar-refractivity contribution in [3.05, 3.63) is 28.8 Å². The highest BCUT2D eigenvalue weighted by atomic mass is 32.1. The van der Waals surface area contributed by atoms with E-state index in [4.69, 9.17) is 5.11 Å². The third-order valence-corrected chi connectivity index (χ3v) is 2.92. The summed E-state index contributed by atoms with van der Waals surface area (Å²) in [5.74, 6) is 0. The number of halogens is 3. The van der Waals surface area contributed by atoms with Gasteiger partial charge in [0, 0.05) is 0 Å². The molecule has 1 aromatic heterocycles. The number of hydrogen-bond donors (Lipinski definition) is 1. The highest BCUT2D eigenvalue weighted by Crippen LogP contribution is 2.32. The van der Waals surface area contributed by atoms with Crippen LogP contribution in [0.3, 0.4) is 0 Å². The van der Waals surface area contributed by atoms with E-state index >= 15 is 0 Å². The second-order valence-corrected chi connectivity index (χ2v) is 4.06. The summed E-state index contributed by atoms with van der Waals surface area (Å²) in [4.78, 5) is 3.87. The van der Waals surface area contributed by atoms with Crippen LogP contribution in [-0.2, 0) is 12.8 Å². The second-order valence-electron chi connectivity index (χ2n) is 2.95. The van der Waals surface area contributed by atoms with Crippen LogP contribution in [0.4, 0.5) is 13.2 Å². The minimum atomic E-state index is -4.35. The lowest BCUT2D eigenvalue weighted by molar-refractivity contribution is -0.137. The molecule has 0 amide bonds. The van der Waals surface area contributed by atoms with Crippen molar-refractivity contribution >= 4 is 21.6 Å². The Labute approximate surface area is 87.0 Å². The van der Waals surface area contributed by atoms with E-state index in [1.54, 1.807) is 0 Å². The van der Waals surface area contributed by atoms with Crippen LogP contribution in [0.1, 0.15) is 10.6 Å². The second kappa shape index (κ2) is 3.46. The Bertz CT molecular complexity index is 492. The van der Waals surface area contributed by atoms with Crippen LogP contribution in [0.25, 0.3) is 10.2 Å². The smallest absolute Gasteiger partial charge is 0.389 e. The van der Waals surface area contributed by atoms with Gasteiger partial charge in [0.15, 0.2) is 0 Å². The Balaban J connectivity index is 2.55. The first-order valence-corrected chi connectivity index (χ1v) is 4.90. The van der Waals surface area contributed by atoms with Gasteiger partial charge in [0.05, 0.1) is 22.4 Å². The molecule has 0 radical (unpaired) electrons. The summed E-state index contributed by atoms with van der Waals surface area (Å²) in [5, 5.41) is 9.21. The maximum absolute atomic E-state index is 12.3. The van der Waals surface area contributed by atoms with Crippen molar-refractivity contribution in [3.8, 4) is 0 Å². The molecule has 6 heteroatoms. The molecule has 0 aliphatic carbocycles. The van der Waals surface area contributed by atoms with E-state index in [9.17, 15) is 13.2 Å². The van der Waals surface area contributed by atoms with Gasteiger partial charge in [0.25, 0.3) is 0 Å². The molecule has 0 aliphatic rings. The van der Waals surface area contributed by atoms with Crippen LogP contribution in [0.2, 0.25) is 0 Å². The van der Waals surface area contributed by atoms with Crippen LogP contribution in [-0.4, -0.2) is 10.1 Å². The minimum absolute atomic E-state index is 0.249. The molecule has 2 nitrogen and oxygen atoms in total. The number of rotatable bonds is 1. The van der Waals surface area contributed by atoms with Crippen molar-refractivity contribution in [1.29, 1.82) is 0 Å². The number of hydrogen-bond acceptors (Lipinski definition) is 3. The number of benzene rings is 1. The Morgan fingerprint density at radius 3 is 2.67 bits per heavy atom. The van der Waals surface area contributed by atoms with Gasteiger partial charge in [-0.3, -0.25) is 0 Å². The number of aliphatic hydroxyl groups is 1. The first-order valence-electron chi connectivity index (χ1n) is 4.08. The van der Waals surface area contributed by atoms with Crippen molar-refractivity contribution in [1.82, 2.24) is 4.98 Å². The summed E-state index contributed by atoms with van der Waals surface area (Å²) in [6.45, 7) is -0.249. The minimum Gasteiger partial charge on any atom is -0.389 e. The third-order valence-electron chi connectivity index (χ3n) is 1.89. The topological polar surface area (TPSA) is 33.1 Å². The summed E-state index contributed by atoms with van der Waals surface area (Å²) in [7, 11) is 0. The summed E-state index contributed by atoms with van der Waals surface area (Å²) in [6, 6.07) is 3.38. The lowest BCUT2D eigenvalue weighted by atomic mass is 10.2. The van der Waals surface area contributed by atoms with Crippen LogP contribution < -0.4 is 0 Å². The quantitative estimate of drug-likeness (QED) is 0.821. The molecule has 1 heterocycles. The van der Waals surface area contributed by atoms with Gasteiger partial charge < -0.3 is 5.11 Å². The number of alkyl halides is 3. The molecule has 15 heavy (non-hydrogen) atoms. The van der Waals surface area contributed by atoms with Crippen molar-refractivity contribution in [2.45, 2.75) is 12.8 Å². The monoisotopic (exact) mass is 233 g/mol. The number of aliphatic hydroxyl groups excluding tert-OH is 1. The van der Waals surface area contributed by atoms with Gasteiger partial charge in [-0.2, -0.15) is 13.2 Å². The van der Waals surface area contributed by atoms with Crippen molar-refractivity contribution in [2.24, 2.45) is 0 Å². The Morgan fingerprint density at radius 1 is 1.33 bits per heavy atom. The van der Waals surface area contributed by atoms with Gasteiger partial charge >= 0.3 is 6.18 Å². The van der Waals surface area contributed by atoms with Gasteiger partial charge in [0.1, 0.15) is 5.01 Å². The largest absolute Gasteiger partial charge is 0.416 e. The van der Waals surface area contributed by atoms with Crippen LogP contribution in [0, 0.1) is 0 Å². The lowest BCUT2D eigenvalue weighted by Gasteiger charge is -2.04. The number of aromatic nitrogens is 1. The van der Waals surface area contributed by atoms with E-state index < -0.39 is 11.7 Å². The first kappa shape index (κ1) is 10.4. The van der Waals surface area contributed by atoms with Gasteiger partial charge in [-0.1, -0.05) is 0 Å². The van der Waals surface area contributed by atoms with Crippen molar-refractivity contribution in [3.63, 3.8) is 0 Å². The maximum atomic E-state index is 12.3. The zero-order chi connectivity index (χ0) is 11.1. The van der Waals surface area contributed by atoms with Crippen LogP contribution in [0.15, 0.2) is 18.2 Å². The van der Waals surface area contributed by atoms with E-state index in [1.165, 1.54) is 17.4 Å². The average Bonchev–Trinajstić information content (AvgIpc) is 2.57. The van der Waals surface area contributed by atoms with E-state index in [-0.39, 0.29) is 12.1 Å². The predicted molar refractivity (Wildman–Crippen MR) is 50.5 cm³/mol. The van der Waals surface area contributed by atoms with E-state index in [2.05, 4.69) is 4.98 Å². The van der Waals surface area contributed by atoms with Crippen molar-refractivity contribution in [2.75, 3.05) is 0 Å². The van der Waals surface area contributed by atoms with Gasteiger partial charge in [-0.25, -0.2) is 4.98 Å². The molecule has 0 aliphatic heterocycles. The SMILES string of the molecule is OCc1nc2cc(C(F)(F)F)ccc2s1. The summed E-state index contributed by atoms with van der Waals surface area (Å²) < 4.78 is 37.6. The highest BCUT2D eigenvalue weighted by Gasteiger charge is 2.30. The molecule has 0 saturated heterocycles. The normalized spacial score (nSPS) is 12.3. The number of thiazole rings is 1. The van der Waals surface area contributed by atoms with Gasteiger partial charge in [0.2, 0.25) is 0 Å².